The first-order valence-corrected chi connectivity index (χ1v) is 5.12. The van der Waals surface area contributed by atoms with Crippen LogP contribution in [0.15, 0.2) is 30.5 Å². The summed E-state index contributed by atoms with van der Waals surface area (Å²) < 4.78 is 1.80. The fourth-order valence-corrected chi connectivity index (χ4v) is 1.74. The number of carboxylic acids is 2. The minimum absolute atomic E-state index is 0.0461. The molecule has 0 aliphatic carbocycles. The summed E-state index contributed by atoms with van der Waals surface area (Å²) in [5, 5.41) is 18.3. The predicted molar refractivity (Wildman–Crippen MR) is 61.2 cm³/mol. The number of hydrogen-bond acceptors (Lipinski definition) is 2. The number of aromatic nitrogens is 1. The highest BCUT2D eigenvalue weighted by atomic mass is 16.4. The Hall–Kier alpha value is -2.30. The van der Waals surface area contributed by atoms with Gasteiger partial charge in [-0.25, -0.2) is 4.79 Å². The normalized spacial score (nSPS) is 10.6. The van der Waals surface area contributed by atoms with Gasteiger partial charge in [-0.1, -0.05) is 0 Å². The summed E-state index contributed by atoms with van der Waals surface area (Å²) in [5.41, 5.74) is 1.07. The first-order valence-electron chi connectivity index (χ1n) is 5.12. The molecule has 5 heteroatoms. The summed E-state index contributed by atoms with van der Waals surface area (Å²) >= 11 is 0. The van der Waals surface area contributed by atoms with Crippen molar-refractivity contribution in [2.24, 2.45) is 0 Å². The zero-order valence-corrected chi connectivity index (χ0v) is 8.96. The lowest BCUT2D eigenvalue weighted by Gasteiger charge is -2.03. The topological polar surface area (TPSA) is 79.5 Å². The van der Waals surface area contributed by atoms with E-state index in [1.54, 1.807) is 29.0 Å². The number of aliphatic carboxylic acids is 1. The van der Waals surface area contributed by atoms with Crippen LogP contribution < -0.4 is 0 Å². The lowest BCUT2D eigenvalue weighted by molar-refractivity contribution is -0.137. The summed E-state index contributed by atoms with van der Waals surface area (Å²) in [6, 6.07) is 6.57. The molecule has 88 valence electrons. The first kappa shape index (κ1) is 11.2. The smallest absolute Gasteiger partial charge is 0.335 e. The lowest BCUT2D eigenvalue weighted by Crippen LogP contribution is -2.03. The maximum atomic E-state index is 10.8. The Bertz CT molecular complexity index is 585. The van der Waals surface area contributed by atoms with Gasteiger partial charge < -0.3 is 14.8 Å². The molecule has 0 unspecified atom stereocenters. The highest BCUT2D eigenvalue weighted by molar-refractivity contribution is 5.93. The van der Waals surface area contributed by atoms with Crippen LogP contribution in [0, 0.1) is 0 Å². The molecule has 0 radical (unpaired) electrons. The van der Waals surface area contributed by atoms with Crippen LogP contribution >= 0.6 is 0 Å². The Kier molecular flexibility index (Phi) is 2.82. The maximum absolute atomic E-state index is 10.8. The second-order valence-corrected chi connectivity index (χ2v) is 3.73. The van der Waals surface area contributed by atoms with Crippen LogP contribution in [0.25, 0.3) is 10.9 Å². The minimum atomic E-state index is -0.967. The maximum Gasteiger partial charge on any atom is 0.335 e. The fourth-order valence-electron chi connectivity index (χ4n) is 1.74. The number of nitrogens with zero attached hydrogens (tertiary/aromatic N) is 1. The van der Waals surface area contributed by atoms with Gasteiger partial charge in [-0.2, -0.15) is 0 Å². The molecule has 5 nitrogen and oxygen atoms in total. The van der Waals surface area contributed by atoms with Gasteiger partial charge in [-0.05, 0) is 24.3 Å². The quantitative estimate of drug-likeness (QED) is 0.844. The zero-order chi connectivity index (χ0) is 12.4. The van der Waals surface area contributed by atoms with Crippen LogP contribution in [0.4, 0.5) is 0 Å². The van der Waals surface area contributed by atoms with Gasteiger partial charge in [0, 0.05) is 23.6 Å². The number of fused-ring (bicyclic) bond motifs is 1. The van der Waals surface area contributed by atoms with E-state index in [0.717, 1.165) is 10.9 Å². The van der Waals surface area contributed by atoms with Gasteiger partial charge in [0.05, 0.1) is 12.0 Å². The third kappa shape index (κ3) is 2.28. The van der Waals surface area contributed by atoms with E-state index >= 15 is 0 Å². The van der Waals surface area contributed by atoms with E-state index in [2.05, 4.69) is 0 Å². The van der Waals surface area contributed by atoms with Gasteiger partial charge in [0.2, 0.25) is 0 Å². The molecule has 0 fully saturated rings. The standard InChI is InChI=1S/C12H11NO4/c14-11(15)4-6-13-5-3-8-7-9(12(16)17)1-2-10(8)13/h1-3,5,7H,4,6H2,(H,14,15)(H,16,17). The van der Waals surface area contributed by atoms with E-state index in [4.69, 9.17) is 10.2 Å². The van der Waals surface area contributed by atoms with Gasteiger partial charge in [0.15, 0.2) is 0 Å². The Balaban J connectivity index is 2.34. The molecule has 0 saturated heterocycles. The van der Waals surface area contributed by atoms with E-state index < -0.39 is 11.9 Å². The third-order valence-electron chi connectivity index (χ3n) is 2.58. The molecule has 2 N–H and O–H groups in total. The van der Waals surface area contributed by atoms with Gasteiger partial charge in [0.1, 0.15) is 0 Å². The van der Waals surface area contributed by atoms with Gasteiger partial charge in [0.25, 0.3) is 0 Å². The molecule has 17 heavy (non-hydrogen) atoms. The molecule has 0 spiro atoms. The Morgan fingerprint density at radius 1 is 1.18 bits per heavy atom. The Labute approximate surface area is 96.9 Å². The van der Waals surface area contributed by atoms with Crippen LogP contribution in [0.2, 0.25) is 0 Å². The summed E-state index contributed by atoms with van der Waals surface area (Å²) in [4.78, 5) is 21.3. The molecule has 1 aromatic carbocycles. The summed E-state index contributed by atoms with van der Waals surface area (Å²) in [5.74, 6) is -1.82. The minimum Gasteiger partial charge on any atom is -0.481 e. The molecule has 0 bridgehead atoms. The van der Waals surface area contributed by atoms with Crippen molar-refractivity contribution in [3.05, 3.63) is 36.0 Å². The molecule has 0 aliphatic heterocycles. The molecule has 0 saturated carbocycles. The number of benzene rings is 1. The molecule has 2 rings (SSSR count). The van der Waals surface area contributed by atoms with Crippen LogP contribution in [-0.2, 0) is 11.3 Å². The summed E-state index contributed by atoms with van der Waals surface area (Å²) in [6.07, 6.45) is 1.81. The molecule has 0 atom stereocenters. The second kappa shape index (κ2) is 4.29. The molecule has 1 heterocycles. The first-order chi connectivity index (χ1) is 8.08. The number of hydrogen-bond donors (Lipinski definition) is 2. The number of carboxylic acid groups (broad SMARTS) is 2. The molecular formula is C12H11NO4. The Morgan fingerprint density at radius 2 is 1.94 bits per heavy atom. The van der Waals surface area contributed by atoms with Gasteiger partial charge in [-0.15, -0.1) is 0 Å². The molecule has 1 aromatic heterocycles. The molecule has 0 aliphatic rings. The van der Waals surface area contributed by atoms with E-state index in [-0.39, 0.29) is 12.0 Å². The van der Waals surface area contributed by atoms with Crippen molar-refractivity contribution in [3.8, 4) is 0 Å². The SMILES string of the molecule is O=C(O)CCn1ccc2cc(C(=O)O)ccc21. The molecule has 0 amide bonds. The van der Waals surface area contributed by atoms with Crippen molar-refractivity contribution < 1.29 is 19.8 Å². The van der Waals surface area contributed by atoms with Crippen molar-refractivity contribution in [3.63, 3.8) is 0 Å². The average Bonchev–Trinajstić information content (AvgIpc) is 2.68. The van der Waals surface area contributed by atoms with Crippen molar-refractivity contribution >= 4 is 22.8 Å². The lowest BCUT2D eigenvalue weighted by atomic mass is 10.1. The van der Waals surface area contributed by atoms with Crippen LogP contribution in [0.3, 0.4) is 0 Å². The monoisotopic (exact) mass is 233 g/mol. The van der Waals surface area contributed by atoms with Gasteiger partial charge in [-0.3, -0.25) is 4.79 Å². The van der Waals surface area contributed by atoms with Crippen molar-refractivity contribution in [1.29, 1.82) is 0 Å². The number of carbonyl (C=O) groups is 2. The highest BCUT2D eigenvalue weighted by Gasteiger charge is 2.07. The Morgan fingerprint density at radius 3 is 2.59 bits per heavy atom. The number of aromatic carboxylic acids is 1. The predicted octanol–water partition coefficient (Wildman–Crippen LogP) is 1.81. The summed E-state index contributed by atoms with van der Waals surface area (Å²) in [6.45, 7) is 0.380. The average molecular weight is 233 g/mol. The van der Waals surface area contributed by atoms with Crippen molar-refractivity contribution in [1.82, 2.24) is 4.57 Å². The van der Waals surface area contributed by atoms with E-state index in [9.17, 15) is 9.59 Å². The van der Waals surface area contributed by atoms with Gasteiger partial charge >= 0.3 is 11.9 Å². The fraction of sp³-hybridized carbons (Fsp3) is 0.167. The zero-order valence-electron chi connectivity index (χ0n) is 8.96. The van der Waals surface area contributed by atoms with Crippen LogP contribution in [0.5, 0.6) is 0 Å². The molecule has 2 aromatic rings. The van der Waals surface area contributed by atoms with E-state index in [1.807, 2.05) is 0 Å². The van der Waals surface area contributed by atoms with Crippen molar-refractivity contribution in [2.45, 2.75) is 13.0 Å². The van der Waals surface area contributed by atoms with E-state index in [1.165, 1.54) is 6.07 Å². The summed E-state index contributed by atoms with van der Waals surface area (Å²) in [7, 11) is 0. The third-order valence-corrected chi connectivity index (χ3v) is 2.58. The van der Waals surface area contributed by atoms with Crippen LogP contribution in [-0.4, -0.2) is 26.7 Å². The van der Waals surface area contributed by atoms with Crippen molar-refractivity contribution in [2.75, 3.05) is 0 Å². The van der Waals surface area contributed by atoms with Crippen LogP contribution in [0.1, 0.15) is 16.8 Å². The van der Waals surface area contributed by atoms with E-state index in [0.29, 0.717) is 6.54 Å². The number of aryl methyl sites for hydroxylation is 1. The highest BCUT2D eigenvalue weighted by Crippen LogP contribution is 2.18. The number of rotatable bonds is 4. The largest absolute Gasteiger partial charge is 0.481 e. The molecular weight excluding hydrogens is 222 g/mol. The second-order valence-electron chi connectivity index (χ2n) is 3.73.